The van der Waals surface area contributed by atoms with Gasteiger partial charge in [0.2, 0.25) is 0 Å². The number of nitrogens with one attached hydrogen (secondary N) is 1. The summed E-state index contributed by atoms with van der Waals surface area (Å²) in [7, 11) is 0. The fourth-order valence-electron chi connectivity index (χ4n) is 2.80. The molecule has 0 atom stereocenters. The highest BCUT2D eigenvalue weighted by Crippen LogP contribution is 2.24. The Labute approximate surface area is 195 Å². The third-order valence-corrected chi connectivity index (χ3v) is 6.10. The molecule has 158 valence electrons. The van der Waals surface area contributed by atoms with E-state index in [9.17, 15) is 9.18 Å². The molecule has 0 aliphatic rings. The molecule has 0 radical (unpaired) electrons. The highest BCUT2D eigenvalue weighted by atomic mass is 79.9. The number of hydrogen-bond donors (Lipinski definition) is 1. The molecule has 2 heterocycles. The van der Waals surface area contributed by atoms with Gasteiger partial charge in [0.05, 0.1) is 11.4 Å². The second kappa shape index (κ2) is 9.64. The fraction of sp³-hybridized carbons (Fsp3) is 0.0909. The Morgan fingerprint density at radius 1 is 1.19 bits per heavy atom. The monoisotopic (exact) mass is 519 g/mol. The molecular weight excluding hydrogens is 505 g/mol. The van der Waals surface area contributed by atoms with Gasteiger partial charge in [-0.25, -0.2) is 4.39 Å². The minimum absolute atomic E-state index is 0.160. The van der Waals surface area contributed by atoms with E-state index in [1.54, 1.807) is 40.5 Å². The van der Waals surface area contributed by atoms with Gasteiger partial charge < -0.3 is 10.1 Å². The van der Waals surface area contributed by atoms with Crippen LogP contribution in [0.1, 0.15) is 20.8 Å². The number of thiophene rings is 1. The van der Waals surface area contributed by atoms with Crippen LogP contribution < -0.4 is 10.1 Å². The van der Waals surface area contributed by atoms with Gasteiger partial charge in [-0.05, 0) is 41.3 Å². The van der Waals surface area contributed by atoms with Crippen molar-refractivity contribution in [1.29, 1.82) is 0 Å². The first kappa shape index (κ1) is 21.5. The maximum atomic E-state index is 13.7. The molecular formula is C22H16BrClFN3O2S. The molecule has 0 saturated carbocycles. The minimum Gasteiger partial charge on any atom is -0.486 e. The molecule has 0 saturated heterocycles. The van der Waals surface area contributed by atoms with Crippen LogP contribution in [0, 0.1) is 5.82 Å². The van der Waals surface area contributed by atoms with E-state index in [4.69, 9.17) is 16.3 Å². The first-order chi connectivity index (χ1) is 15.0. The number of carbonyl (C=O) groups is 1. The smallest absolute Gasteiger partial charge is 0.266 e. The highest BCUT2D eigenvalue weighted by molar-refractivity contribution is 9.10. The molecule has 0 fully saturated rings. The lowest BCUT2D eigenvalue weighted by atomic mass is 10.2. The van der Waals surface area contributed by atoms with Crippen molar-refractivity contribution in [3.63, 3.8) is 0 Å². The summed E-state index contributed by atoms with van der Waals surface area (Å²) in [6.07, 6.45) is 1.67. The summed E-state index contributed by atoms with van der Waals surface area (Å²) in [5.74, 6) is -0.286. The second-order valence-corrected chi connectivity index (χ2v) is 8.88. The highest BCUT2D eigenvalue weighted by Gasteiger charge is 2.15. The molecule has 2 aromatic carbocycles. The zero-order chi connectivity index (χ0) is 21.8. The van der Waals surface area contributed by atoms with Crippen LogP contribution in [0.5, 0.6) is 5.75 Å². The van der Waals surface area contributed by atoms with Crippen molar-refractivity contribution in [2.45, 2.75) is 13.2 Å². The van der Waals surface area contributed by atoms with E-state index in [1.807, 2.05) is 24.3 Å². The molecule has 5 nitrogen and oxygen atoms in total. The van der Waals surface area contributed by atoms with Crippen molar-refractivity contribution in [3.05, 3.63) is 97.5 Å². The van der Waals surface area contributed by atoms with Gasteiger partial charge in [-0.3, -0.25) is 9.48 Å². The maximum Gasteiger partial charge on any atom is 0.266 e. The number of hydrogen-bond acceptors (Lipinski definition) is 4. The predicted molar refractivity (Wildman–Crippen MR) is 123 cm³/mol. The van der Waals surface area contributed by atoms with E-state index in [2.05, 4.69) is 26.3 Å². The molecule has 0 aliphatic carbocycles. The van der Waals surface area contributed by atoms with Gasteiger partial charge in [0.1, 0.15) is 11.6 Å². The van der Waals surface area contributed by atoms with Gasteiger partial charge in [-0.15, -0.1) is 11.3 Å². The summed E-state index contributed by atoms with van der Waals surface area (Å²) in [5.41, 5.74) is 1.82. The molecule has 2 aromatic heterocycles. The Bertz CT molecular complexity index is 1210. The van der Waals surface area contributed by atoms with Crippen LogP contribution in [0.2, 0.25) is 5.02 Å². The van der Waals surface area contributed by atoms with Crippen LogP contribution >= 0.6 is 38.9 Å². The van der Waals surface area contributed by atoms with Gasteiger partial charge in [0.15, 0.2) is 17.4 Å². The number of carbonyl (C=O) groups excluding carboxylic acids is 1. The van der Waals surface area contributed by atoms with Gasteiger partial charge in [0.25, 0.3) is 5.91 Å². The summed E-state index contributed by atoms with van der Waals surface area (Å²) in [6.45, 7) is 0.687. The standard InChI is InChI=1S/C22H16BrClFN3O2S/c23-16-7-5-14(6-8-16)10-28-11-17(24)21(27-28)26-22(29)20-9-15(13-31-20)12-30-19-4-2-1-3-18(19)25/h1-9,11,13H,10,12H2,(H,26,27,29). The molecule has 1 N–H and O–H groups in total. The first-order valence-corrected chi connectivity index (χ1v) is 11.3. The number of para-hydroxylation sites is 1. The zero-order valence-corrected chi connectivity index (χ0v) is 19.2. The molecule has 0 spiro atoms. The fourth-order valence-corrected chi connectivity index (χ4v) is 4.06. The summed E-state index contributed by atoms with van der Waals surface area (Å²) >= 11 is 10.9. The zero-order valence-electron chi connectivity index (χ0n) is 16.0. The third kappa shape index (κ3) is 5.52. The quantitative estimate of drug-likeness (QED) is 0.308. The molecule has 31 heavy (non-hydrogen) atoms. The second-order valence-electron chi connectivity index (χ2n) is 6.64. The summed E-state index contributed by atoms with van der Waals surface area (Å²) < 4.78 is 21.8. The van der Waals surface area contributed by atoms with Crippen LogP contribution in [0.15, 0.2) is 70.6 Å². The average Bonchev–Trinajstić information content (AvgIpc) is 3.36. The van der Waals surface area contributed by atoms with E-state index in [-0.39, 0.29) is 18.3 Å². The Kier molecular flexibility index (Phi) is 6.70. The normalized spacial score (nSPS) is 10.8. The number of ether oxygens (including phenoxy) is 1. The van der Waals surface area contributed by atoms with E-state index >= 15 is 0 Å². The molecule has 0 aliphatic heterocycles. The number of amides is 1. The van der Waals surface area contributed by atoms with Crippen molar-refractivity contribution in [2.24, 2.45) is 0 Å². The van der Waals surface area contributed by atoms with E-state index in [0.29, 0.717) is 22.3 Å². The number of rotatable bonds is 7. The Hall–Kier alpha value is -2.68. The Morgan fingerprint density at radius 3 is 2.74 bits per heavy atom. The molecule has 9 heteroatoms. The summed E-state index contributed by atoms with van der Waals surface area (Å²) in [6, 6.07) is 15.8. The van der Waals surface area contributed by atoms with Crippen LogP contribution in [0.25, 0.3) is 0 Å². The van der Waals surface area contributed by atoms with Crippen molar-refractivity contribution in [3.8, 4) is 5.75 Å². The lowest BCUT2D eigenvalue weighted by molar-refractivity contribution is 0.103. The van der Waals surface area contributed by atoms with Crippen molar-refractivity contribution in [2.75, 3.05) is 5.32 Å². The van der Waals surface area contributed by atoms with E-state index < -0.39 is 5.82 Å². The molecule has 1 amide bonds. The number of nitrogens with zero attached hydrogens (tertiary/aromatic N) is 2. The van der Waals surface area contributed by atoms with Crippen molar-refractivity contribution >= 4 is 50.6 Å². The Morgan fingerprint density at radius 2 is 1.97 bits per heavy atom. The average molecular weight is 521 g/mol. The lowest BCUT2D eigenvalue weighted by Crippen LogP contribution is -2.11. The minimum atomic E-state index is -0.427. The third-order valence-electron chi connectivity index (χ3n) is 4.32. The number of benzene rings is 2. The number of aromatic nitrogens is 2. The lowest BCUT2D eigenvalue weighted by Gasteiger charge is -2.05. The van der Waals surface area contributed by atoms with Gasteiger partial charge >= 0.3 is 0 Å². The SMILES string of the molecule is O=C(Nc1nn(Cc2ccc(Br)cc2)cc1Cl)c1cc(COc2ccccc2F)cs1. The van der Waals surface area contributed by atoms with Crippen LogP contribution in [0.3, 0.4) is 0 Å². The Balaban J connectivity index is 1.38. The topological polar surface area (TPSA) is 56.2 Å². The predicted octanol–water partition coefficient (Wildman–Crippen LogP) is 6.38. The first-order valence-electron chi connectivity index (χ1n) is 9.21. The van der Waals surface area contributed by atoms with Gasteiger partial charge in [-0.2, -0.15) is 5.10 Å². The van der Waals surface area contributed by atoms with Crippen molar-refractivity contribution in [1.82, 2.24) is 9.78 Å². The summed E-state index contributed by atoms with van der Waals surface area (Å²) in [4.78, 5) is 13.1. The van der Waals surface area contributed by atoms with Crippen LogP contribution in [0.4, 0.5) is 10.2 Å². The van der Waals surface area contributed by atoms with Gasteiger partial charge in [-0.1, -0.05) is 51.8 Å². The van der Waals surface area contributed by atoms with Crippen LogP contribution in [-0.4, -0.2) is 15.7 Å². The number of halogens is 3. The van der Waals surface area contributed by atoms with E-state index in [1.165, 1.54) is 17.4 Å². The molecule has 4 rings (SSSR count). The molecule has 0 bridgehead atoms. The summed E-state index contributed by atoms with van der Waals surface area (Å²) in [5, 5.41) is 9.25. The largest absolute Gasteiger partial charge is 0.486 e. The van der Waals surface area contributed by atoms with E-state index in [0.717, 1.165) is 15.6 Å². The van der Waals surface area contributed by atoms with Crippen LogP contribution in [-0.2, 0) is 13.2 Å². The number of anilines is 1. The van der Waals surface area contributed by atoms with Gasteiger partial charge in [0, 0.05) is 16.2 Å². The van der Waals surface area contributed by atoms with Crippen molar-refractivity contribution < 1.29 is 13.9 Å². The maximum absolute atomic E-state index is 13.7. The molecule has 4 aromatic rings. The molecule has 0 unspecified atom stereocenters.